The van der Waals surface area contributed by atoms with Crippen LogP contribution in [0.1, 0.15) is 31.9 Å². The normalized spacial score (nSPS) is 11.8. The largest absolute Gasteiger partial charge is 0.376 e. The fraction of sp³-hybridized carbons (Fsp3) is 0.235. The molecule has 0 radical (unpaired) electrons. The molecule has 0 fully saturated rings. The Kier molecular flexibility index (Phi) is 4.93. The summed E-state index contributed by atoms with van der Waals surface area (Å²) >= 11 is 0. The molecule has 4 heteroatoms. The minimum atomic E-state index is -0.335. The van der Waals surface area contributed by atoms with Crippen LogP contribution in [-0.4, -0.2) is 5.91 Å². The van der Waals surface area contributed by atoms with E-state index in [1.807, 2.05) is 37.3 Å². The number of hydrogen-bond donors (Lipinski definition) is 2. The van der Waals surface area contributed by atoms with Gasteiger partial charge in [0.05, 0.1) is 11.7 Å². The van der Waals surface area contributed by atoms with Gasteiger partial charge in [0.1, 0.15) is 5.82 Å². The van der Waals surface area contributed by atoms with E-state index in [4.69, 9.17) is 0 Å². The fourth-order valence-corrected chi connectivity index (χ4v) is 2.21. The predicted molar refractivity (Wildman–Crippen MR) is 83.8 cm³/mol. The first-order valence-electron chi connectivity index (χ1n) is 6.98. The zero-order valence-corrected chi connectivity index (χ0v) is 12.2. The van der Waals surface area contributed by atoms with Crippen LogP contribution in [0, 0.1) is 5.82 Å². The Labute approximate surface area is 124 Å². The Morgan fingerprint density at radius 2 is 1.90 bits per heavy atom. The van der Waals surface area contributed by atoms with Crippen LogP contribution < -0.4 is 10.6 Å². The average Bonchev–Trinajstić information content (AvgIpc) is 2.48. The van der Waals surface area contributed by atoms with Crippen molar-refractivity contribution in [2.45, 2.75) is 26.3 Å². The molecule has 110 valence electrons. The molecule has 0 saturated carbocycles. The Hall–Kier alpha value is -2.36. The molecule has 2 rings (SSSR count). The van der Waals surface area contributed by atoms with Crippen molar-refractivity contribution in [1.82, 2.24) is 0 Å². The molecule has 2 N–H and O–H groups in total. The van der Waals surface area contributed by atoms with Crippen molar-refractivity contribution in [3.05, 3.63) is 59.9 Å². The molecular weight excluding hydrogens is 267 g/mol. The van der Waals surface area contributed by atoms with E-state index in [9.17, 15) is 9.18 Å². The summed E-state index contributed by atoms with van der Waals surface area (Å²) in [6, 6.07) is 14.4. The van der Waals surface area contributed by atoms with E-state index in [0.29, 0.717) is 11.4 Å². The Morgan fingerprint density at radius 1 is 1.19 bits per heavy atom. The summed E-state index contributed by atoms with van der Waals surface area (Å²) in [5, 5.41) is 5.86. The van der Waals surface area contributed by atoms with E-state index < -0.39 is 0 Å². The zero-order valence-electron chi connectivity index (χ0n) is 12.2. The summed E-state index contributed by atoms with van der Waals surface area (Å²) in [5.74, 6) is -0.513. The number of carbonyl (C=O) groups is 1. The number of amides is 1. The lowest BCUT2D eigenvalue weighted by molar-refractivity contribution is -0.114. The number of hydrogen-bond acceptors (Lipinski definition) is 2. The quantitative estimate of drug-likeness (QED) is 0.858. The minimum Gasteiger partial charge on any atom is -0.376 e. The van der Waals surface area contributed by atoms with Crippen molar-refractivity contribution in [3.8, 4) is 0 Å². The van der Waals surface area contributed by atoms with Crippen LogP contribution in [0.2, 0.25) is 0 Å². The van der Waals surface area contributed by atoms with Crippen molar-refractivity contribution >= 4 is 17.3 Å². The summed E-state index contributed by atoms with van der Waals surface area (Å²) in [5.41, 5.74) is 2.07. The molecule has 0 aliphatic carbocycles. The van der Waals surface area contributed by atoms with Crippen LogP contribution in [-0.2, 0) is 4.79 Å². The first-order chi connectivity index (χ1) is 10.1. The highest BCUT2D eigenvalue weighted by molar-refractivity contribution is 5.89. The summed E-state index contributed by atoms with van der Waals surface area (Å²) in [6.07, 6.45) is 0.827. The van der Waals surface area contributed by atoms with Gasteiger partial charge in [-0.05, 0) is 30.2 Å². The second-order valence-corrected chi connectivity index (χ2v) is 4.89. The second-order valence-electron chi connectivity index (χ2n) is 4.89. The smallest absolute Gasteiger partial charge is 0.221 e. The van der Waals surface area contributed by atoms with Gasteiger partial charge in [-0.3, -0.25) is 4.79 Å². The third-order valence-corrected chi connectivity index (χ3v) is 3.23. The molecule has 2 aromatic rings. The van der Waals surface area contributed by atoms with E-state index in [0.717, 1.165) is 12.0 Å². The van der Waals surface area contributed by atoms with Gasteiger partial charge in [-0.1, -0.05) is 37.3 Å². The van der Waals surface area contributed by atoms with Gasteiger partial charge in [0.25, 0.3) is 0 Å². The number of anilines is 2. The molecule has 0 aliphatic rings. The van der Waals surface area contributed by atoms with Gasteiger partial charge in [-0.25, -0.2) is 4.39 Å². The maximum absolute atomic E-state index is 13.9. The first-order valence-corrected chi connectivity index (χ1v) is 6.98. The molecule has 0 saturated heterocycles. The number of halogens is 1. The van der Waals surface area contributed by atoms with Crippen LogP contribution in [0.25, 0.3) is 0 Å². The highest BCUT2D eigenvalue weighted by Gasteiger charge is 2.12. The van der Waals surface area contributed by atoms with Crippen molar-refractivity contribution in [2.75, 3.05) is 10.6 Å². The molecule has 3 nitrogen and oxygen atoms in total. The summed E-state index contributed by atoms with van der Waals surface area (Å²) < 4.78 is 13.9. The molecule has 1 unspecified atom stereocenters. The van der Waals surface area contributed by atoms with Crippen molar-refractivity contribution < 1.29 is 9.18 Å². The molecule has 2 aromatic carbocycles. The van der Waals surface area contributed by atoms with Crippen LogP contribution in [0.3, 0.4) is 0 Å². The standard InChI is InChI=1S/C17H19FN2O/c1-3-16(13-7-5-4-6-8-13)20-17-11-14(19-12(2)21)9-10-15(17)18/h4-11,16,20H,3H2,1-2H3,(H,19,21). The van der Waals surface area contributed by atoms with Crippen LogP contribution in [0.4, 0.5) is 15.8 Å². The van der Waals surface area contributed by atoms with Crippen LogP contribution >= 0.6 is 0 Å². The topological polar surface area (TPSA) is 41.1 Å². The predicted octanol–water partition coefficient (Wildman–Crippen LogP) is 4.35. The maximum atomic E-state index is 13.9. The van der Waals surface area contributed by atoms with Crippen LogP contribution in [0.15, 0.2) is 48.5 Å². The highest BCUT2D eigenvalue weighted by Crippen LogP contribution is 2.26. The maximum Gasteiger partial charge on any atom is 0.221 e. The van der Waals surface area contributed by atoms with E-state index >= 15 is 0 Å². The molecule has 0 spiro atoms. The van der Waals surface area contributed by atoms with Gasteiger partial charge in [0.2, 0.25) is 5.91 Å². The lowest BCUT2D eigenvalue weighted by Gasteiger charge is -2.19. The molecule has 0 bridgehead atoms. The Balaban J connectivity index is 2.22. The fourth-order valence-electron chi connectivity index (χ4n) is 2.21. The van der Waals surface area contributed by atoms with E-state index in [2.05, 4.69) is 10.6 Å². The lowest BCUT2D eigenvalue weighted by atomic mass is 10.0. The average molecular weight is 286 g/mol. The first kappa shape index (κ1) is 15.0. The summed E-state index contributed by atoms with van der Waals surface area (Å²) in [7, 11) is 0. The van der Waals surface area contributed by atoms with Crippen molar-refractivity contribution in [3.63, 3.8) is 0 Å². The number of nitrogens with one attached hydrogen (secondary N) is 2. The van der Waals surface area contributed by atoms with Gasteiger partial charge in [-0.2, -0.15) is 0 Å². The van der Waals surface area contributed by atoms with Gasteiger partial charge in [0.15, 0.2) is 0 Å². The second kappa shape index (κ2) is 6.88. The number of benzene rings is 2. The molecule has 1 atom stereocenters. The Morgan fingerprint density at radius 3 is 2.52 bits per heavy atom. The molecule has 0 aliphatic heterocycles. The van der Waals surface area contributed by atoms with E-state index in [-0.39, 0.29) is 17.8 Å². The minimum absolute atomic E-state index is 0.0216. The van der Waals surface area contributed by atoms with Gasteiger partial charge in [-0.15, -0.1) is 0 Å². The molecule has 0 heterocycles. The molecular formula is C17H19FN2O. The molecule has 0 aromatic heterocycles. The monoisotopic (exact) mass is 286 g/mol. The highest BCUT2D eigenvalue weighted by atomic mass is 19.1. The van der Waals surface area contributed by atoms with Crippen LogP contribution in [0.5, 0.6) is 0 Å². The summed E-state index contributed by atoms with van der Waals surface area (Å²) in [6.45, 7) is 3.47. The van der Waals surface area contributed by atoms with Gasteiger partial charge >= 0.3 is 0 Å². The third-order valence-electron chi connectivity index (χ3n) is 3.23. The SMILES string of the molecule is CCC(Nc1cc(NC(C)=O)ccc1F)c1ccccc1. The molecule has 21 heavy (non-hydrogen) atoms. The molecule has 1 amide bonds. The Bertz CT molecular complexity index is 613. The van der Waals surface area contributed by atoms with Gasteiger partial charge in [0, 0.05) is 12.6 Å². The third kappa shape index (κ3) is 4.05. The number of carbonyl (C=O) groups excluding carboxylic acids is 1. The number of rotatable bonds is 5. The zero-order chi connectivity index (χ0) is 15.2. The van der Waals surface area contributed by atoms with Gasteiger partial charge < -0.3 is 10.6 Å². The van der Waals surface area contributed by atoms with Crippen molar-refractivity contribution in [1.29, 1.82) is 0 Å². The van der Waals surface area contributed by atoms with E-state index in [1.54, 1.807) is 12.1 Å². The van der Waals surface area contributed by atoms with E-state index in [1.165, 1.54) is 13.0 Å². The summed E-state index contributed by atoms with van der Waals surface area (Å²) in [4.78, 5) is 11.1. The van der Waals surface area contributed by atoms with Crippen molar-refractivity contribution in [2.24, 2.45) is 0 Å². The lowest BCUT2D eigenvalue weighted by Crippen LogP contribution is -2.12.